The Morgan fingerprint density at radius 1 is 1.50 bits per heavy atom. The molecule has 1 heterocycles. The maximum Gasteiger partial charge on any atom is 0.144 e. The van der Waals surface area contributed by atoms with Gasteiger partial charge in [0.1, 0.15) is 17.5 Å². The monoisotopic (exact) mass is 217 g/mol. The summed E-state index contributed by atoms with van der Waals surface area (Å²) in [4.78, 5) is 1.92. The van der Waals surface area contributed by atoms with Crippen molar-refractivity contribution >= 4 is 5.82 Å². The molecular weight excluding hydrogens is 202 g/mol. The summed E-state index contributed by atoms with van der Waals surface area (Å²) in [5.41, 5.74) is 1.30. The van der Waals surface area contributed by atoms with E-state index in [-0.39, 0.29) is 6.04 Å². The van der Waals surface area contributed by atoms with E-state index < -0.39 is 0 Å². The van der Waals surface area contributed by atoms with Crippen molar-refractivity contribution in [1.82, 2.24) is 9.78 Å². The van der Waals surface area contributed by atoms with Crippen LogP contribution in [0.3, 0.4) is 0 Å². The lowest BCUT2D eigenvalue weighted by molar-refractivity contribution is 0.654. The van der Waals surface area contributed by atoms with Crippen molar-refractivity contribution < 1.29 is 0 Å². The first kappa shape index (κ1) is 12.1. The van der Waals surface area contributed by atoms with Crippen LogP contribution in [0.15, 0.2) is 0 Å². The van der Waals surface area contributed by atoms with Crippen LogP contribution in [-0.2, 0) is 7.05 Å². The van der Waals surface area contributed by atoms with E-state index in [2.05, 4.69) is 17.2 Å². The van der Waals surface area contributed by atoms with E-state index in [1.807, 2.05) is 25.8 Å². The van der Waals surface area contributed by atoms with E-state index in [0.717, 1.165) is 11.5 Å². The molecule has 0 spiro atoms. The maximum atomic E-state index is 9.08. The van der Waals surface area contributed by atoms with Crippen molar-refractivity contribution in [2.75, 3.05) is 11.9 Å². The van der Waals surface area contributed by atoms with Gasteiger partial charge in [0.25, 0.3) is 0 Å². The van der Waals surface area contributed by atoms with Gasteiger partial charge in [-0.3, -0.25) is 4.68 Å². The largest absolute Gasteiger partial charge is 0.355 e. The Morgan fingerprint density at radius 2 is 2.12 bits per heavy atom. The van der Waals surface area contributed by atoms with Gasteiger partial charge in [-0.1, -0.05) is 0 Å². The van der Waals surface area contributed by atoms with Crippen molar-refractivity contribution in [2.24, 2.45) is 7.05 Å². The summed E-state index contributed by atoms with van der Waals surface area (Å²) >= 11 is 0. The van der Waals surface area contributed by atoms with E-state index in [1.54, 1.807) is 11.7 Å². The molecule has 16 heavy (non-hydrogen) atoms. The summed E-state index contributed by atoms with van der Waals surface area (Å²) in [5, 5.41) is 22.0. The molecule has 0 bridgehead atoms. The highest BCUT2D eigenvalue weighted by Crippen LogP contribution is 2.23. The van der Waals surface area contributed by atoms with Gasteiger partial charge in [-0.25, -0.2) is 0 Å². The second-order valence-corrected chi connectivity index (χ2v) is 3.84. The lowest BCUT2D eigenvalue weighted by atomic mass is 10.2. The van der Waals surface area contributed by atoms with E-state index in [1.165, 1.54) is 0 Å². The van der Waals surface area contributed by atoms with Crippen LogP contribution in [-0.4, -0.2) is 22.9 Å². The van der Waals surface area contributed by atoms with Crippen molar-refractivity contribution in [3.05, 3.63) is 11.3 Å². The third-order valence-electron chi connectivity index (χ3n) is 2.69. The van der Waals surface area contributed by atoms with Gasteiger partial charge in [0.2, 0.25) is 0 Å². The third kappa shape index (κ3) is 1.99. The van der Waals surface area contributed by atoms with Crippen LogP contribution in [0.25, 0.3) is 0 Å². The highest BCUT2D eigenvalue weighted by atomic mass is 15.4. The fourth-order valence-electron chi connectivity index (χ4n) is 1.66. The number of aryl methyl sites for hydroxylation is 2. The summed E-state index contributed by atoms with van der Waals surface area (Å²) in [6.45, 7) is 3.76. The molecule has 0 N–H and O–H groups in total. The zero-order valence-corrected chi connectivity index (χ0v) is 10.0. The number of hydrogen-bond acceptors (Lipinski definition) is 4. The molecule has 1 unspecified atom stereocenters. The third-order valence-corrected chi connectivity index (χ3v) is 2.69. The van der Waals surface area contributed by atoms with Gasteiger partial charge in [0, 0.05) is 20.1 Å². The van der Waals surface area contributed by atoms with Gasteiger partial charge in [-0.15, -0.1) is 0 Å². The number of anilines is 1. The van der Waals surface area contributed by atoms with Crippen molar-refractivity contribution in [3.63, 3.8) is 0 Å². The molecule has 0 saturated heterocycles. The van der Waals surface area contributed by atoms with Crippen LogP contribution < -0.4 is 4.90 Å². The van der Waals surface area contributed by atoms with Crippen molar-refractivity contribution in [2.45, 2.75) is 26.3 Å². The zero-order valence-electron chi connectivity index (χ0n) is 10.0. The van der Waals surface area contributed by atoms with Crippen LogP contribution in [0, 0.1) is 29.6 Å². The molecule has 1 aromatic heterocycles. The number of hydrogen-bond donors (Lipinski definition) is 0. The minimum absolute atomic E-state index is 0.0619. The van der Waals surface area contributed by atoms with Crippen LogP contribution in [0.4, 0.5) is 5.82 Å². The SMILES string of the molecule is Cc1nn(C)c(N(C)C(C)CC#N)c1C#N. The Kier molecular flexibility index (Phi) is 3.52. The Labute approximate surface area is 95.5 Å². The topological polar surface area (TPSA) is 68.6 Å². The number of nitriles is 2. The predicted octanol–water partition coefficient (Wildman–Crippen LogP) is 1.34. The Hall–Kier alpha value is -2.01. The molecule has 5 nitrogen and oxygen atoms in total. The average molecular weight is 217 g/mol. The number of aromatic nitrogens is 2. The van der Waals surface area contributed by atoms with Crippen molar-refractivity contribution in [3.8, 4) is 12.1 Å². The second kappa shape index (κ2) is 4.67. The summed E-state index contributed by atoms with van der Waals surface area (Å²) in [6.07, 6.45) is 0.422. The Bertz CT molecular complexity index is 460. The molecular formula is C11H15N5. The average Bonchev–Trinajstić information content (AvgIpc) is 2.52. The first-order chi connectivity index (χ1) is 7.52. The molecule has 1 atom stereocenters. The first-order valence-electron chi connectivity index (χ1n) is 5.06. The minimum atomic E-state index is 0.0619. The lowest BCUT2D eigenvalue weighted by Gasteiger charge is -2.25. The molecule has 1 rings (SSSR count). The smallest absolute Gasteiger partial charge is 0.144 e. The Morgan fingerprint density at radius 3 is 2.62 bits per heavy atom. The fourth-order valence-corrected chi connectivity index (χ4v) is 1.66. The summed E-state index contributed by atoms with van der Waals surface area (Å²) in [7, 11) is 3.68. The molecule has 84 valence electrons. The summed E-state index contributed by atoms with van der Waals surface area (Å²) in [5.74, 6) is 0.766. The molecule has 0 radical (unpaired) electrons. The van der Waals surface area contributed by atoms with Crippen LogP contribution in [0.1, 0.15) is 24.6 Å². The minimum Gasteiger partial charge on any atom is -0.355 e. The molecule has 0 aromatic carbocycles. The van der Waals surface area contributed by atoms with Gasteiger partial charge < -0.3 is 4.90 Å². The number of nitrogens with zero attached hydrogens (tertiary/aromatic N) is 5. The lowest BCUT2D eigenvalue weighted by Crippen LogP contribution is -2.30. The summed E-state index contributed by atoms with van der Waals surface area (Å²) < 4.78 is 1.68. The van der Waals surface area contributed by atoms with E-state index in [4.69, 9.17) is 10.5 Å². The van der Waals surface area contributed by atoms with E-state index in [0.29, 0.717) is 12.0 Å². The van der Waals surface area contributed by atoms with Crippen LogP contribution >= 0.6 is 0 Å². The highest BCUT2D eigenvalue weighted by molar-refractivity contribution is 5.57. The Balaban J connectivity index is 3.14. The molecule has 0 aliphatic rings. The normalized spacial score (nSPS) is 11.6. The molecule has 0 aliphatic carbocycles. The predicted molar refractivity (Wildman–Crippen MR) is 60.8 cm³/mol. The van der Waals surface area contributed by atoms with Gasteiger partial charge in [0.05, 0.1) is 18.2 Å². The highest BCUT2D eigenvalue weighted by Gasteiger charge is 2.20. The molecule has 1 aromatic rings. The fraction of sp³-hybridized carbons (Fsp3) is 0.545. The molecule has 0 fully saturated rings. The van der Waals surface area contributed by atoms with Gasteiger partial charge >= 0.3 is 0 Å². The summed E-state index contributed by atoms with van der Waals surface area (Å²) in [6, 6.07) is 4.34. The molecule has 5 heteroatoms. The van der Waals surface area contributed by atoms with Crippen LogP contribution in [0.5, 0.6) is 0 Å². The standard InChI is InChI=1S/C11H15N5/c1-8(5-6-12)15(3)11-10(7-13)9(2)14-16(11)4/h8H,5H2,1-4H3. The van der Waals surface area contributed by atoms with E-state index >= 15 is 0 Å². The second-order valence-electron chi connectivity index (χ2n) is 3.84. The van der Waals surface area contributed by atoms with Gasteiger partial charge in [-0.2, -0.15) is 15.6 Å². The van der Waals surface area contributed by atoms with Gasteiger partial charge in [0.15, 0.2) is 0 Å². The maximum absolute atomic E-state index is 9.08. The van der Waals surface area contributed by atoms with Gasteiger partial charge in [-0.05, 0) is 13.8 Å². The molecule has 0 amide bonds. The van der Waals surface area contributed by atoms with Crippen LogP contribution in [0.2, 0.25) is 0 Å². The van der Waals surface area contributed by atoms with Crippen molar-refractivity contribution in [1.29, 1.82) is 10.5 Å². The van der Waals surface area contributed by atoms with E-state index in [9.17, 15) is 0 Å². The number of rotatable bonds is 3. The molecule has 0 saturated carbocycles. The molecule has 0 aliphatic heterocycles. The quantitative estimate of drug-likeness (QED) is 0.766. The first-order valence-corrected chi connectivity index (χ1v) is 5.06. The zero-order chi connectivity index (χ0) is 12.3.